The minimum absolute atomic E-state index is 0.00417. The Bertz CT molecular complexity index is 1210. The zero-order valence-electron chi connectivity index (χ0n) is 20.4. The fourth-order valence-electron chi connectivity index (χ4n) is 3.46. The molecule has 198 valence electrons. The van der Waals surface area contributed by atoms with Crippen LogP contribution in [0.15, 0.2) is 36.4 Å². The molecule has 0 aliphatic carbocycles. The maximum absolute atomic E-state index is 13.7. The fourth-order valence-corrected chi connectivity index (χ4v) is 5.08. The number of hydrogen-bond donors (Lipinski definition) is 1. The Balaban J connectivity index is 2.49. The lowest BCUT2D eigenvalue weighted by molar-refractivity contribution is -0.140. The van der Waals surface area contributed by atoms with Crippen LogP contribution in [-0.2, 0) is 26.2 Å². The molecule has 0 unspecified atom stereocenters. The summed E-state index contributed by atoms with van der Waals surface area (Å²) in [5, 5.41) is 3.63. The molecule has 0 fully saturated rings. The van der Waals surface area contributed by atoms with Gasteiger partial charge in [-0.3, -0.25) is 13.9 Å². The summed E-state index contributed by atoms with van der Waals surface area (Å²) in [4.78, 5) is 28.1. The molecule has 0 saturated heterocycles. The summed E-state index contributed by atoms with van der Waals surface area (Å²) in [5.74, 6) is -0.739. The number of anilines is 1. The Hall–Kier alpha value is -1.71. The lowest BCUT2D eigenvalue weighted by Gasteiger charge is -2.33. The largest absolute Gasteiger partial charge is 0.354 e. The summed E-state index contributed by atoms with van der Waals surface area (Å²) in [7, 11) is -3.94. The van der Waals surface area contributed by atoms with Gasteiger partial charge in [-0.2, -0.15) is 0 Å². The molecule has 1 atom stereocenters. The van der Waals surface area contributed by atoms with Crippen LogP contribution < -0.4 is 9.62 Å². The van der Waals surface area contributed by atoms with E-state index in [4.69, 9.17) is 46.4 Å². The standard InChI is InChI=1S/C24H29Cl4N3O4S/c1-5-20(24(33)29-12-15(2)3)30(13-16-9-10-17(25)19(27)11-16)22(32)14-31(36(4,34)35)21-8-6-7-18(26)23(21)28/h6-11,15,20H,5,12-14H2,1-4H3,(H,29,33)/t20-/m1/s1. The molecule has 0 aliphatic rings. The minimum atomic E-state index is -3.94. The fraction of sp³-hybridized carbons (Fsp3) is 0.417. The summed E-state index contributed by atoms with van der Waals surface area (Å²) in [6.45, 7) is 5.53. The Kier molecular flexibility index (Phi) is 11.2. The second kappa shape index (κ2) is 13.2. The van der Waals surface area contributed by atoms with Crippen molar-refractivity contribution in [3.8, 4) is 0 Å². The predicted molar refractivity (Wildman–Crippen MR) is 148 cm³/mol. The third-order valence-electron chi connectivity index (χ3n) is 5.29. The lowest BCUT2D eigenvalue weighted by Crippen LogP contribution is -2.52. The molecule has 7 nitrogen and oxygen atoms in total. The maximum atomic E-state index is 13.7. The Morgan fingerprint density at radius 2 is 1.67 bits per heavy atom. The first-order valence-corrected chi connectivity index (χ1v) is 14.5. The van der Waals surface area contributed by atoms with E-state index in [0.717, 1.165) is 10.6 Å². The van der Waals surface area contributed by atoms with Crippen molar-refractivity contribution in [2.75, 3.05) is 23.7 Å². The maximum Gasteiger partial charge on any atom is 0.244 e. The van der Waals surface area contributed by atoms with Gasteiger partial charge in [0.15, 0.2) is 0 Å². The van der Waals surface area contributed by atoms with E-state index in [1.54, 1.807) is 25.1 Å². The zero-order valence-corrected chi connectivity index (χ0v) is 24.2. The van der Waals surface area contributed by atoms with Crippen molar-refractivity contribution in [3.63, 3.8) is 0 Å². The van der Waals surface area contributed by atoms with Gasteiger partial charge in [0, 0.05) is 13.1 Å². The number of hydrogen-bond acceptors (Lipinski definition) is 4. The molecule has 0 spiro atoms. The average molecular weight is 597 g/mol. The first-order valence-electron chi connectivity index (χ1n) is 11.2. The van der Waals surface area contributed by atoms with Gasteiger partial charge in [-0.15, -0.1) is 0 Å². The quantitative estimate of drug-likeness (QED) is 0.363. The first-order chi connectivity index (χ1) is 16.8. The van der Waals surface area contributed by atoms with Gasteiger partial charge in [0.25, 0.3) is 0 Å². The second-order valence-corrected chi connectivity index (χ2v) is 12.2. The zero-order chi connectivity index (χ0) is 27.2. The summed E-state index contributed by atoms with van der Waals surface area (Å²) in [6, 6.07) is 8.53. The summed E-state index contributed by atoms with van der Waals surface area (Å²) in [6.07, 6.45) is 1.27. The van der Waals surface area contributed by atoms with Gasteiger partial charge in [0.2, 0.25) is 21.8 Å². The molecular weight excluding hydrogens is 568 g/mol. The van der Waals surface area contributed by atoms with E-state index in [9.17, 15) is 18.0 Å². The molecule has 2 rings (SSSR count). The molecule has 0 aromatic heterocycles. The van der Waals surface area contributed by atoms with Gasteiger partial charge >= 0.3 is 0 Å². The van der Waals surface area contributed by atoms with Crippen molar-refractivity contribution in [3.05, 3.63) is 62.1 Å². The van der Waals surface area contributed by atoms with E-state index in [2.05, 4.69) is 5.32 Å². The molecule has 36 heavy (non-hydrogen) atoms. The van der Waals surface area contributed by atoms with Crippen LogP contribution in [0.4, 0.5) is 5.69 Å². The first kappa shape index (κ1) is 30.5. The smallest absolute Gasteiger partial charge is 0.244 e. The number of nitrogens with zero attached hydrogens (tertiary/aromatic N) is 2. The number of carbonyl (C=O) groups is 2. The summed E-state index contributed by atoms with van der Waals surface area (Å²) in [5.41, 5.74) is 0.686. The van der Waals surface area contributed by atoms with Crippen LogP contribution in [0.1, 0.15) is 32.8 Å². The van der Waals surface area contributed by atoms with Crippen LogP contribution in [0.2, 0.25) is 20.1 Å². The second-order valence-electron chi connectivity index (χ2n) is 8.68. The Morgan fingerprint density at radius 1 is 1.00 bits per heavy atom. The van der Waals surface area contributed by atoms with E-state index in [1.165, 1.54) is 23.1 Å². The molecule has 0 saturated carbocycles. The van der Waals surface area contributed by atoms with Gasteiger partial charge in [-0.25, -0.2) is 8.42 Å². The van der Waals surface area contributed by atoms with Crippen molar-refractivity contribution in [1.82, 2.24) is 10.2 Å². The van der Waals surface area contributed by atoms with Gasteiger partial charge in [-0.1, -0.05) is 79.3 Å². The third-order valence-corrected chi connectivity index (χ3v) is 7.96. The Morgan fingerprint density at radius 3 is 2.22 bits per heavy atom. The van der Waals surface area contributed by atoms with E-state index in [0.29, 0.717) is 28.6 Å². The van der Waals surface area contributed by atoms with Crippen molar-refractivity contribution in [2.45, 2.75) is 39.8 Å². The Labute approximate surface area is 232 Å². The molecule has 0 aliphatic heterocycles. The summed E-state index contributed by atoms with van der Waals surface area (Å²) >= 11 is 24.6. The number of sulfonamides is 1. The number of rotatable bonds is 11. The van der Waals surface area contributed by atoms with Crippen LogP contribution in [0.5, 0.6) is 0 Å². The number of halogens is 4. The third kappa shape index (κ3) is 8.15. The number of nitrogens with one attached hydrogen (secondary N) is 1. The highest BCUT2D eigenvalue weighted by atomic mass is 35.5. The van der Waals surface area contributed by atoms with E-state index in [1.807, 2.05) is 13.8 Å². The SMILES string of the molecule is CC[C@H](C(=O)NCC(C)C)N(Cc1ccc(Cl)c(Cl)c1)C(=O)CN(c1cccc(Cl)c1Cl)S(C)(=O)=O. The summed E-state index contributed by atoms with van der Waals surface area (Å²) < 4.78 is 26.3. The van der Waals surface area contributed by atoms with Crippen molar-refractivity contribution in [1.29, 1.82) is 0 Å². The topological polar surface area (TPSA) is 86.8 Å². The predicted octanol–water partition coefficient (Wildman–Crippen LogP) is 5.65. The molecule has 2 aromatic carbocycles. The van der Waals surface area contributed by atoms with Gasteiger partial charge in [0.1, 0.15) is 12.6 Å². The molecule has 12 heteroatoms. The molecular formula is C24H29Cl4N3O4S. The van der Waals surface area contributed by atoms with Gasteiger partial charge < -0.3 is 10.2 Å². The van der Waals surface area contributed by atoms with Gasteiger partial charge in [0.05, 0.1) is 32.0 Å². The average Bonchev–Trinajstić information content (AvgIpc) is 2.79. The number of benzene rings is 2. The van der Waals surface area contributed by atoms with E-state index in [-0.39, 0.29) is 34.1 Å². The highest BCUT2D eigenvalue weighted by Crippen LogP contribution is 2.34. The van der Waals surface area contributed by atoms with Crippen molar-refractivity contribution in [2.24, 2.45) is 5.92 Å². The molecule has 2 amide bonds. The molecule has 2 aromatic rings. The van der Waals surface area contributed by atoms with Crippen molar-refractivity contribution < 1.29 is 18.0 Å². The van der Waals surface area contributed by atoms with Crippen LogP contribution in [0.3, 0.4) is 0 Å². The number of amides is 2. The van der Waals surface area contributed by atoms with E-state index < -0.39 is 28.5 Å². The van der Waals surface area contributed by atoms with Crippen LogP contribution in [0, 0.1) is 5.92 Å². The minimum Gasteiger partial charge on any atom is -0.354 e. The molecule has 1 N–H and O–H groups in total. The van der Waals surface area contributed by atoms with Crippen molar-refractivity contribution >= 4 is 73.9 Å². The highest BCUT2D eigenvalue weighted by molar-refractivity contribution is 7.92. The molecule has 0 bridgehead atoms. The van der Waals surface area contributed by atoms with Crippen LogP contribution in [0.25, 0.3) is 0 Å². The molecule has 0 heterocycles. The normalized spacial score (nSPS) is 12.4. The van der Waals surface area contributed by atoms with Crippen LogP contribution >= 0.6 is 46.4 Å². The molecule has 0 radical (unpaired) electrons. The van der Waals surface area contributed by atoms with Crippen LogP contribution in [-0.4, -0.2) is 50.5 Å². The monoisotopic (exact) mass is 595 g/mol. The number of carbonyl (C=O) groups excluding carboxylic acids is 2. The van der Waals surface area contributed by atoms with E-state index >= 15 is 0 Å². The van der Waals surface area contributed by atoms with Gasteiger partial charge in [-0.05, 0) is 42.2 Å². The lowest BCUT2D eigenvalue weighted by atomic mass is 10.1. The highest BCUT2D eigenvalue weighted by Gasteiger charge is 2.32.